The van der Waals surface area contributed by atoms with Crippen LogP contribution in [0.2, 0.25) is 0 Å². The lowest BCUT2D eigenvalue weighted by Gasteiger charge is -2.19. The summed E-state index contributed by atoms with van der Waals surface area (Å²) in [5, 5.41) is 6.38. The summed E-state index contributed by atoms with van der Waals surface area (Å²) in [7, 11) is 0. The van der Waals surface area contributed by atoms with Gasteiger partial charge >= 0.3 is 0 Å². The van der Waals surface area contributed by atoms with Crippen LogP contribution in [-0.4, -0.2) is 38.6 Å². The second kappa shape index (κ2) is 9.72. The summed E-state index contributed by atoms with van der Waals surface area (Å²) < 4.78 is 1.11. The SMILES string of the molecule is Cl.Cl.O=C(NCC1CCN(c2ccc(Br)cc2)C1)C1CCNC1. The Balaban J connectivity index is 0.00000132. The van der Waals surface area contributed by atoms with Gasteiger partial charge in [0.05, 0.1) is 5.92 Å². The number of halogens is 3. The molecule has 2 fully saturated rings. The first kappa shape index (κ1) is 20.6. The van der Waals surface area contributed by atoms with Gasteiger partial charge in [0.2, 0.25) is 5.91 Å². The molecule has 0 aromatic heterocycles. The Morgan fingerprint density at radius 3 is 2.65 bits per heavy atom. The standard InChI is InChI=1S/C16H22BrN3O.2ClH/c17-14-1-3-15(4-2-14)20-8-6-12(11-20)9-19-16(21)13-5-7-18-10-13;;/h1-4,12-13,18H,5-11H2,(H,19,21);2*1H. The van der Waals surface area contributed by atoms with Gasteiger partial charge in [-0.05, 0) is 49.6 Å². The van der Waals surface area contributed by atoms with Gasteiger partial charge in [-0.15, -0.1) is 24.8 Å². The van der Waals surface area contributed by atoms with Gasteiger partial charge in [0.15, 0.2) is 0 Å². The van der Waals surface area contributed by atoms with Crippen molar-refractivity contribution < 1.29 is 4.79 Å². The van der Waals surface area contributed by atoms with Crippen LogP contribution in [0.4, 0.5) is 5.69 Å². The van der Waals surface area contributed by atoms with Crippen molar-refractivity contribution in [1.29, 1.82) is 0 Å². The summed E-state index contributed by atoms with van der Waals surface area (Å²) in [5.41, 5.74) is 1.27. The minimum atomic E-state index is 0. The molecular weight excluding hydrogens is 401 g/mol. The Kier molecular flexibility index (Phi) is 8.69. The van der Waals surface area contributed by atoms with Gasteiger partial charge in [-0.25, -0.2) is 0 Å². The molecule has 0 radical (unpaired) electrons. The molecule has 23 heavy (non-hydrogen) atoms. The highest BCUT2D eigenvalue weighted by Gasteiger charge is 2.26. The predicted molar refractivity (Wildman–Crippen MR) is 103 cm³/mol. The quantitative estimate of drug-likeness (QED) is 0.780. The van der Waals surface area contributed by atoms with Crippen molar-refractivity contribution in [2.75, 3.05) is 37.6 Å². The van der Waals surface area contributed by atoms with E-state index in [2.05, 4.69) is 55.7 Å². The molecule has 2 heterocycles. The first-order chi connectivity index (χ1) is 10.2. The van der Waals surface area contributed by atoms with Crippen molar-refractivity contribution in [2.24, 2.45) is 11.8 Å². The van der Waals surface area contributed by atoms with Crippen molar-refractivity contribution >= 4 is 52.3 Å². The Morgan fingerprint density at radius 1 is 1.26 bits per heavy atom. The van der Waals surface area contributed by atoms with E-state index in [1.165, 1.54) is 5.69 Å². The largest absolute Gasteiger partial charge is 0.371 e. The topological polar surface area (TPSA) is 44.4 Å². The van der Waals surface area contributed by atoms with Crippen molar-refractivity contribution in [2.45, 2.75) is 12.8 Å². The lowest BCUT2D eigenvalue weighted by molar-refractivity contribution is -0.124. The third-order valence-electron chi connectivity index (χ3n) is 4.47. The van der Waals surface area contributed by atoms with Crippen LogP contribution in [0.25, 0.3) is 0 Å². The number of rotatable bonds is 4. The fourth-order valence-corrected chi connectivity index (χ4v) is 3.42. The molecule has 0 saturated carbocycles. The zero-order chi connectivity index (χ0) is 14.7. The molecule has 1 amide bonds. The molecule has 1 aromatic rings. The molecule has 2 aliphatic rings. The molecule has 7 heteroatoms. The molecule has 1 aromatic carbocycles. The van der Waals surface area contributed by atoms with Gasteiger partial charge in [0.25, 0.3) is 0 Å². The Labute approximate surface area is 158 Å². The summed E-state index contributed by atoms with van der Waals surface area (Å²) in [6.07, 6.45) is 2.13. The zero-order valence-electron chi connectivity index (χ0n) is 13.0. The van der Waals surface area contributed by atoms with E-state index in [-0.39, 0.29) is 36.6 Å². The maximum absolute atomic E-state index is 12.0. The number of amides is 1. The van der Waals surface area contributed by atoms with E-state index in [1.54, 1.807) is 0 Å². The molecule has 0 bridgehead atoms. The fraction of sp³-hybridized carbons (Fsp3) is 0.562. The summed E-state index contributed by atoms with van der Waals surface area (Å²) in [5.74, 6) is 0.961. The summed E-state index contributed by atoms with van der Waals surface area (Å²) in [6.45, 7) is 4.72. The summed E-state index contributed by atoms with van der Waals surface area (Å²) in [4.78, 5) is 14.4. The van der Waals surface area contributed by atoms with Crippen LogP contribution < -0.4 is 15.5 Å². The van der Waals surface area contributed by atoms with Crippen LogP contribution in [0.5, 0.6) is 0 Å². The molecule has 2 saturated heterocycles. The van der Waals surface area contributed by atoms with Gasteiger partial charge in [-0.2, -0.15) is 0 Å². The number of nitrogens with one attached hydrogen (secondary N) is 2. The number of hydrogen-bond donors (Lipinski definition) is 2. The minimum absolute atomic E-state index is 0. The van der Waals surface area contributed by atoms with Gasteiger partial charge in [0, 0.05) is 36.3 Å². The van der Waals surface area contributed by atoms with Crippen molar-refractivity contribution in [1.82, 2.24) is 10.6 Å². The second-order valence-electron chi connectivity index (χ2n) is 6.01. The van der Waals surface area contributed by atoms with E-state index in [1.807, 2.05) is 0 Å². The van der Waals surface area contributed by atoms with Crippen molar-refractivity contribution in [3.63, 3.8) is 0 Å². The molecule has 2 atom stereocenters. The highest BCUT2D eigenvalue weighted by Crippen LogP contribution is 2.25. The van der Waals surface area contributed by atoms with Crippen LogP contribution in [0.3, 0.4) is 0 Å². The third kappa shape index (κ3) is 5.52. The number of carbonyl (C=O) groups is 1. The summed E-state index contributed by atoms with van der Waals surface area (Å²) >= 11 is 3.47. The highest BCUT2D eigenvalue weighted by molar-refractivity contribution is 9.10. The normalized spacial score (nSPS) is 23.1. The number of benzene rings is 1. The second-order valence-corrected chi connectivity index (χ2v) is 6.93. The van der Waals surface area contributed by atoms with Gasteiger partial charge < -0.3 is 15.5 Å². The van der Waals surface area contributed by atoms with E-state index >= 15 is 0 Å². The van der Waals surface area contributed by atoms with Crippen molar-refractivity contribution in [3.05, 3.63) is 28.7 Å². The average molecular weight is 425 g/mol. The number of nitrogens with zero attached hydrogens (tertiary/aromatic N) is 1. The lowest BCUT2D eigenvalue weighted by Crippen LogP contribution is -2.36. The lowest BCUT2D eigenvalue weighted by atomic mass is 10.1. The highest BCUT2D eigenvalue weighted by atomic mass is 79.9. The maximum Gasteiger partial charge on any atom is 0.224 e. The predicted octanol–water partition coefficient (Wildman–Crippen LogP) is 2.84. The Bertz CT molecular complexity index is 495. The van der Waals surface area contributed by atoms with Crippen molar-refractivity contribution in [3.8, 4) is 0 Å². The van der Waals surface area contributed by atoms with Gasteiger partial charge in [-0.1, -0.05) is 15.9 Å². The molecular formula is C16H24BrCl2N3O. The van der Waals surface area contributed by atoms with E-state index in [4.69, 9.17) is 0 Å². The van der Waals surface area contributed by atoms with E-state index in [9.17, 15) is 4.79 Å². The molecule has 2 unspecified atom stereocenters. The van der Waals surface area contributed by atoms with Crippen LogP contribution in [0.15, 0.2) is 28.7 Å². The zero-order valence-corrected chi connectivity index (χ0v) is 16.2. The molecule has 0 spiro atoms. The Hall–Kier alpha value is -0.490. The Morgan fingerprint density at radius 2 is 2.00 bits per heavy atom. The fourth-order valence-electron chi connectivity index (χ4n) is 3.15. The molecule has 2 N–H and O–H groups in total. The van der Waals surface area contributed by atoms with E-state index in [0.29, 0.717) is 5.92 Å². The van der Waals surface area contributed by atoms with Crippen LogP contribution in [0.1, 0.15) is 12.8 Å². The first-order valence-corrected chi connectivity index (χ1v) is 8.50. The van der Waals surface area contributed by atoms with Crippen LogP contribution in [-0.2, 0) is 4.79 Å². The minimum Gasteiger partial charge on any atom is -0.371 e. The van der Waals surface area contributed by atoms with Gasteiger partial charge in [0.1, 0.15) is 0 Å². The third-order valence-corrected chi connectivity index (χ3v) is 5.00. The molecule has 2 aliphatic heterocycles. The van der Waals surface area contributed by atoms with Gasteiger partial charge in [-0.3, -0.25) is 4.79 Å². The first-order valence-electron chi connectivity index (χ1n) is 7.71. The van der Waals surface area contributed by atoms with Crippen LogP contribution >= 0.6 is 40.7 Å². The average Bonchev–Trinajstić information content (AvgIpc) is 3.17. The van der Waals surface area contributed by atoms with E-state index < -0.39 is 0 Å². The number of anilines is 1. The number of hydrogen-bond acceptors (Lipinski definition) is 3. The molecule has 3 rings (SSSR count). The van der Waals surface area contributed by atoms with E-state index in [0.717, 1.165) is 50.0 Å². The monoisotopic (exact) mass is 423 g/mol. The smallest absolute Gasteiger partial charge is 0.224 e. The summed E-state index contributed by atoms with van der Waals surface area (Å²) in [6, 6.07) is 8.46. The van der Waals surface area contributed by atoms with Crippen LogP contribution in [0, 0.1) is 11.8 Å². The number of carbonyl (C=O) groups excluding carboxylic acids is 1. The molecule has 130 valence electrons. The molecule has 4 nitrogen and oxygen atoms in total. The molecule has 0 aliphatic carbocycles. The maximum atomic E-state index is 12.0.